The molecule has 0 amide bonds. The lowest BCUT2D eigenvalue weighted by Gasteiger charge is -2.25. The van der Waals surface area contributed by atoms with Gasteiger partial charge in [0.2, 0.25) is 0 Å². The lowest BCUT2D eigenvalue weighted by molar-refractivity contribution is 0.368. The van der Waals surface area contributed by atoms with Crippen LogP contribution in [0.2, 0.25) is 0 Å². The molecule has 0 aromatic heterocycles. The molecule has 0 radical (unpaired) electrons. The fourth-order valence-corrected chi connectivity index (χ4v) is 1.78. The Labute approximate surface area is 93.9 Å². The van der Waals surface area contributed by atoms with E-state index < -0.39 is 0 Å². The van der Waals surface area contributed by atoms with Crippen molar-refractivity contribution in [2.24, 2.45) is 5.92 Å². The number of rotatable bonds is 5. The molecule has 1 unspecified atom stereocenters. The highest BCUT2D eigenvalue weighted by molar-refractivity contribution is 5.16. The van der Waals surface area contributed by atoms with Crippen molar-refractivity contribution in [3.63, 3.8) is 0 Å². The molecule has 0 heterocycles. The summed E-state index contributed by atoms with van der Waals surface area (Å²) >= 11 is 0. The second-order valence-electron chi connectivity index (χ2n) is 4.86. The van der Waals surface area contributed by atoms with Gasteiger partial charge in [-0.05, 0) is 17.9 Å². The van der Waals surface area contributed by atoms with Crippen LogP contribution in [0.5, 0.6) is 0 Å². The van der Waals surface area contributed by atoms with Gasteiger partial charge in [-0.25, -0.2) is 0 Å². The van der Waals surface area contributed by atoms with Crippen molar-refractivity contribution in [1.29, 1.82) is 0 Å². The maximum absolute atomic E-state index is 3.63. The third-order valence-corrected chi connectivity index (χ3v) is 2.65. The average molecular weight is 205 g/mol. The maximum Gasteiger partial charge on any atom is 0.0133 e. The van der Waals surface area contributed by atoms with Crippen LogP contribution in [0, 0.1) is 5.92 Å². The minimum Gasteiger partial charge on any atom is -0.311 e. The van der Waals surface area contributed by atoms with Crippen LogP contribution in [0.25, 0.3) is 0 Å². The molecule has 0 saturated carbocycles. The lowest BCUT2D eigenvalue weighted by atomic mass is 9.96. The molecule has 0 spiro atoms. The molecular weight excluding hydrogens is 182 g/mol. The van der Waals surface area contributed by atoms with E-state index in [-0.39, 0.29) is 0 Å². The molecule has 0 fully saturated rings. The fourth-order valence-electron chi connectivity index (χ4n) is 1.78. The van der Waals surface area contributed by atoms with Crippen molar-refractivity contribution in [1.82, 2.24) is 5.32 Å². The highest BCUT2D eigenvalue weighted by Crippen LogP contribution is 2.10. The van der Waals surface area contributed by atoms with Gasteiger partial charge in [0.25, 0.3) is 0 Å². The standard InChI is InChI=1S/C14H23N/c1-11(2)14(15-12(3)4)10-13-8-6-5-7-9-13/h5-9,11-12,14-15H,10H2,1-4H3. The number of hydrogen-bond donors (Lipinski definition) is 1. The van der Waals surface area contributed by atoms with E-state index in [4.69, 9.17) is 0 Å². The smallest absolute Gasteiger partial charge is 0.0133 e. The monoisotopic (exact) mass is 205 g/mol. The number of benzene rings is 1. The quantitative estimate of drug-likeness (QED) is 0.778. The molecule has 1 atom stereocenters. The number of nitrogens with one attached hydrogen (secondary N) is 1. The lowest BCUT2D eigenvalue weighted by Crippen LogP contribution is -2.40. The van der Waals surface area contributed by atoms with Gasteiger partial charge in [0.1, 0.15) is 0 Å². The molecule has 1 aromatic rings. The summed E-state index contributed by atoms with van der Waals surface area (Å²) in [5, 5.41) is 3.63. The van der Waals surface area contributed by atoms with Gasteiger partial charge in [-0.2, -0.15) is 0 Å². The molecule has 84 valence electrons. The van der Waals surface area contributed by atoms with Gasteiger partial charge in [-0.3, -0.25) is 0 Å². The zero-order valence-corrected chi connectivity index (χ0v) is 10.3. The Hall–Kier alpha value is -0.820. The highest BCUT2D eigenvalue weighted by atomic mass is 14.9. The second kappa shape index (κ2) is 5.92. The first-order valence-corrected chi connectivity index (χ1v) is 5.89. The zero-order valence-electron chi connectivity index (χ0n) is 10.3. The minimum atomic E-state index is 0.557. The Balaban J connectivity index is 2.59. The van der Waals surface area contributed by atoms with Gasteiger partial charge in [0, 0.05) is 12.1 Å². The predicted molar refractivity (Wildman–Crippen MR) is 67.0 cm³/mol. The maximum atomic E-state index is 3.63. The molecule has 0 aliphatic heterocycles. The van der Waals surface area contributed by atoms with Crippen LogP contribution in [0.3, 0.4) is 0 Å². The summed E-state index contributed by atoms with van der Waals surface area (Å²) in [6.07, 6.45) is 1.12. The molecule has 1 rings (SSSR count). The van der Waals surface area contributed by atoms with Crippen molar-refractivity contribution in [3.8, 4) is 0 Å². The van der Waals surface area contributed by atoms with Gasteiger partial charge in [0.15, 0.2) is 0 Å². The Morgan fingerprint density at radius 2 is 1.60 bits per heavy atom. The van der Waals surface area contributed by atoms with E-state index >= 15 is 0 Å². The van der Waals surface area contributed by atoms with Crippen LogP contribution >= 0.6 is 0 Å². The van der Waals surface area contributed by atoms with Gasteiger partial charge in [0.05, 0.1) is 0 Å². The van der Waals surface area contributed by atoms with Crippen molar-refractivity contribution < 1.29 is 0 Å². The summed E-state index contributed by atoms with van der Waals surface area (Å²) in [4.78, 5) is 0. The van der Waals surface area contributed by atoms with Crippen LogP contribution in [-0.2, 0) is 6.42 Å². The van der Waals surface area contributed by atoms with Crippen molar-refractivity contribution in [3.05, 3.63) is 35.9 Å². The SMILES string of the molecule is CC(C)NC(Cc1ccccc1)C(C)C. The predicted octanol–water partition coefficient (Wildman–Crippen LogP) is 3.25. The van der Waals surface area contributed by atoms with E-state index in [0.29, 0.717) is 18.0 Å². The summed E-state index contributed by atoms with van der Waals surface area (Å²) in [6.45, 7) is 8.98. The van der Waals surface area contributed by atoms with E-state index in [1.54, 1.807) is 0 Å². The molecule has 0 saturated heterocycles. The molecule has 1 nitrogen and oxygen atoms in total. The molecule has 1 heteroatoms. The van der Waals surface area contributed by atoms with Gasteiger partial charge in [-0.1, -0.05) is 58.0 Å². The summed E-state index contributed by atoms with van der Waals surface area (Å²) in [5.74, 6) is 0.674. The Morgan fingerprint density at radius 3 is 2.07 bits per heavy atom. The van der Waals surface area contributed by atoms with Gasteiger partial charge in [-0.15, -0.1) is 0 Å². The van der Waals surface area contributed by atoms with E-state index in [1.807, 2.05) is 0 Å². The molecule has 0 aliphatic rings. The zero-order chi connectivity index (χ0) is 11.3. The molecule has 15 heavy (non-hydrogen) atoms. The number of hydrogen-bond acceptors (Lipinski definition) is 1. The third-order valence-electron chi connectivity index (χ3n) is 2.65. The minimum absolute atomic E-state index is 0.557. The summed E-state index contributed by atoms with van der Waals surface area (Å²) in [5.41, 5.74) is 1.42. The van der Waals surface area contributed by atoms with Crippen LogP contribution in [0.4, 0.5) is 0 Å². The van der Waals surface area contributed by atoms with Crippen LogP contribution in [0.1, 0.15) is 33.3 Å². The fraction of sp³-hybridized carbons (Fsp3) is 0.571. The van der Waals surface area contributed by atoms with Crippen LogP contribution < -0.4 is 5.32 Å². The van der Waals surface area contributed by atoms with Crippen molar-refractivity contribution in [2.45, 2.75) is 46.2 Å². The topological polar surface area (TPSA) is 12.0 Å². The second-order valence-corrected chi connectivity index (χ2v) is 4.86. The first-order valence-electron chi connectivity index (χ1n) is 5.89. The Morgan fingerprint density at radius 1 is 1.00 bits per heavy atom. The first kappa shape index (κ1) is 12.3. The van der Waals surface area contributed by atoms with E-state index in [2.05, 4.69) is 63.3 Å². The summed E-state index contributed by atoms with van der Waals surface area (Å²) in [7, 11) is 0. The average Bonchev–Trinajstić information content (AvgIpc) is 2.17. The van der Waals surface area contributed by atoms with E-state index in [9.17, 15) is 0 Å². The van der Waals surface area contributed by atoms with Crippen LogP contribution in [-0.4, -0.2) is 12.1 Å². The molecule has 1 N–H and O–H groups in total. The molecule has 0 aliphatic carbocycles. The van der Waals surface area contributed by atoms with Gasteiger partial charge < -0.3 is 5.32 Å². The Bertz CT molecular complexity index is 264. The molecule has 1 aromatic carbocycles. The van der Waals surface area contributed by atoms with Crippen molar-refractivity contribution in [2.75, 3.05) is 0 Å². The summed E-state index contributed by atoms with van der Waals surface area (Å²) < 4.78 is 0. The van der Waals surface area contributed by atoms with Gasteiger partial charge >= 0.3 is 0 Å². The highest BCUT2D eigenvalue weighted by Gasteiger charge is 2.14. The van der Waals surface area contributed by atoms with E-state index in [0.717, 1.165) is 6.42 Å². The Kier molecular flexibility index (Phi) is 4.83. The first-order chi connectivity index (χ1) is 7.09. The molecule has 0 bridgehead atoms. The summed E-state index contributed by atoms with van der Waals surface area (Å²) in [6, 6.07) is 11.8. The third kappa shape index (κ3) is 4.48. The van der Waals surface area contributed by atoms with Crippen molar-refractivity contribution >= 4 is 0 Å². The van der Waals surface area contributed by atoms with E-state index in [1.165, 1.54) is 5.56 Å². The molecular formula is C14H23N. The van der Waals surface area contributed by atoms with Crippen LogP contribution in [0.15, 0.2) is 30.3 Å². The normalized spacial score (nSPS) is 13.5. The largest absolute Gasteiger partial charge is 0.311 e.